The number of halogens is 1. The molecule has 0 aliphatic carbocycles. The summed E-state index contributed by atoms with van der Waals surface area (Å²) in [6.45, 7) is 4.67. The Morgan fingerprint density at radius 3 is 2.81 bits per heavy atom. The Morgan fingerprint density at radius 1 is 1.44 bits per heavy atom. The maximum atomic E-state index is 5.74. The second kappa shape index (κ2) is 4.58. The third-order valence-corrected chi connectivity index (χ3v) is 2.52. The fourth-order valence-electron chi connectivity index (χ4n) is 1.58. The van der Waals surface area contributed by atoms with Crippen LogP contribution >= 0.6 is 11.6 Å². The number of ether oxygens (including phenoxy) is 1. The van der Waals surface area contributed by atoms with Gasteiger partial charge < -0.3 is 9.72 Å². The lowest BCUT2D eigenvalue weighted by atomic mass is 10.1. The molecule has 0 saturated carbocycles. The Bertz CT molecular complexity index is 494. The average molecular weight is 237 g/mol. The SMILES string of the molecule is CCOc1ccc(-c2cnc(Cl)[nH]2)cc1C. The van der Waals surface area contributed by atoms with Gasteiger partial charge in [0, 0.05) is 5.56 Å². The Labute approximate surface area is 99.4 Å². The zero-order chi connectivity index (χ0) is 11.5. The Kier molecular flexibility index (Phi) is 3.15. The summed E-state index contributed by atoms with van der Waals surface area (Å²) >= 11 is 5.74. The molecule has 1 aromatic carbocycles. The first kappa shape index (κ1) is 11.0. The molecule has 0 saturated heterocycles. The molecule has 2 rings (SSSR count). The van der Waals surface area contributed by atoms with Gasteiger partial charge in [0.25, 0.3) is 0 Å². The number of hydrogen-bond donors (Lipinski definition) is 1. The summed E-state index contributed by atoms with van der Waals surface area (Å²) in [7, 11) is 0. The van der Waals surface area contributed by atoms with Gasteiger partial charge in [0.15, 0.2) is 5.28 Å². The van der Waals surface area contributed by atoms with Gasteiger partial charge in [-0.2, -0.15) is 0 Å². The van der Waals surface area contributed by atoms with Gasteiger partial charge in [-0.25, -0.2) is 4.98 Å². The lowest BCUT2D eigenvalue weighted by Crippen LogP contribution is -1.93. The molecular weight excluding hydrogens is 224 g/mol. The lowest BCUT2D eigenvalue weighted by molar-refractivity contribution is 0.338. The number of imidazole rings is 1. The second-order valence-electron chi connectivity index (χ2n) is 3.50. The summed E-state index contributed by atoms with van der Waals surface area (Å²) < 4.78 is 5.48. The van der Waals surface area contributed by atoms with Crippen molar-refractivity contribution in [2.75, 3.05) is 6.61 Å². The number of benzene rings is 1. The zero-order valence-corrected chi connectivity index (χ0v) is 10.0. The first-order chi connectivity index (χ1) is 7.70. The van der Waals surface area contributed by atoms with Gasteiger partial charge in [-0.3, -0.25) is 0 Å². The molecule has 1 heterocycles. The minimum atomic E-state index is 0.404. The Hall–Kier alpha value is -1.48. The first-order valence-electron chi connectivity index (χ1n) is 5.15. The smallest absolute Gasteiger partial charge is 0.200 e. The van der Waals surface area contributed by atoms with Crippen molar-refractivity contribution >= 4 is 11.6 Å². The molecule has 0 atom stereocenters. The van der Waals surface area contributed by atoms with Gasteiger partial charge in [0.2, 0.25) is 0 Å². The van der Waals surface area contributed by atoms with E-state index in [9.17, 15) is 0 Å². The topological polar surface area (TPSA) is 37.9 Å². The van der Waals surface area contributed by atoms with E-state index in [0.29, 0.717) is 11.9 Å². The van der Waals surface area contributed by atoms with Crippen LogP contribution in [0.2, 0.25) is 5.28 Å². The van der Waals surface area contributed by atoms with Gasteiger partial charge in [-0.05, 0) is 49.2 Å². The van der Waals surface area contributed by atoms with E-state index < -0.39 is 0 Å². The number of aryl methyl sites for hydroxylation is 1. The molecule has 0 radical (unpaired) electrons. The minimum Gasteiger partial charge on any atom is -0.494 e. The lowest BCUT2D eigenvalue weighted by Gasteiger charge is -2.07. The third-order valence-electron chi connectivity index (χ3n) is 2.33. The van der Waals surface area contributed by atoms with Crippen molar-refractivity contribution in [2.24, 2.45) is 0 Å². The van der Waals surface area contributed by atoms with E-state index >= 15 is 0 Å². The Balaban J connectivity index is 2.34. The van der Waals surface area contributed by atoms with Crippen LogP contribution in [0.25, 0.3) is 11.3 Å². The molecule has 84 valence electrons. The van der Waals surface area contributed by atoms with Crippen molar-refractivity contribution < 1.29 is 4.74 Å². The molecule has 0 amide bonds. The summed E-state index contributed by atoms with van der Waals surface area (Å²) in [5.74, 6) is 0.914. The van der Waals surface area contributed by atoms with Crippen LogP contribution in [0.4, 0.5) is 0 Å². The molecular formula is C12H13ClN2O. The van der Waals surface area contributed by atoms with Crippen molar-refractivity contribution in [3.8, 4) is 17.0 Å². The highest BCUT2D eigenvalue weighted by molar-refractivity contribution is 6.28. The number of nitrogens with one attached hydrogen (secondary N) is 1. The normalized spacial score (nSPS) is 10.4. The van der Waals surface area contributed by atoms with Gasteiger partial charge >= 0.3 is 0 Å². The molecule has 0 unspecified atom stereocenters. The van der Waals surface area contributed by atoms with Crippen LogP contribution in [0, 0.1) is 6.92 Å². The molecule has 0 spiro atoms. The zero-order valence-electron chi connectivity index (χ0n) is 9.25. The average Bonchev–Trinajstić information content (AvgIpc) is 2.68. The minimum absolute atomic E-state index is 0.404. The molecule has 0 fully saturated rings. The maximum Gasteiger partial charge on any atom is 0.200 e. The predicted octanol–water partition coefficient (Wildman–Crippen LogP) is 3.44. The van der Waals surface area contributed by atoms with Crippen LogP contribution in [0.3, 0.4) is 0 Å². The van der Waals surface area contributed by atoms with Crippen LogP contribution in [0.15, 0.2) is 24.4 Å². The second-order valence-corrected chi connectivity index (χ2v) is 3.86. The quantitative estimate of drug-likeness (QED) is 0.887. The van der Waals surface area contributed by atoms with E-state index in [1.165, 1.54) is 0 Å². The fraction of sp³-hybridized carbons (Fsp3) is 0.250. The Morgan fingerprint density at radius 2 is 2.25 bits per heavy atom. The molecule has 16 heavy (non-hydrogen) atoms. The molecule has 2 aromatic rings. The fourth-order valence-corrected chi connectivity index (χ4v) is 1.73. The van der Waals surface area contributed by atoms with E-state index in [2.05, 4.69) is 16.0 Å². The highest BCUT2D eigenvalue weighted by atomic mass is 35.5. The molecule has 4 heteroatoms. The van der Waals surface area contributed by atoms with Crippen molar-refractivity contribution in [1.29, 1.82) is 0 Å². The standard InChI is InChI=1S/C12H13ClN2O/c1-3-16-11-5-4-9(6-8(11)2)10-7-14-12(13)15-10/h4-7H,3H2,1-2H3,(H,14,15). The van der Waals surface area contributed by atoms with E-state index in [1.54, 1.807) is 6.20 Å². The van der Waals surface area contributed by atoms with Crippen molar-refractivity contribution in [1.82, 2.24) is 9.97 Å². The van der Waals surface area contributed by atoms with Crippen LogP contribution in [-0.2, 0) is 0 Å². The number of hydrogen-bond acceptors (Lipinski definition) is 2. The molecule has 0 bridgehead atoms. The molecule has 0 aliphatic heterocycles. The summed E-state index contributed by atoms with van der Waals surface area (Å²) in [6, 6.07) is 6.00. The van der Waals surface area contributed by atoms with E-state index in [-0.39, 0.29) is 0 Å². The van der Waals surface area contributed by atoms with E-state index in [4.69, 9.17) is 16.3 Å². The van der Waals surface area contributed by atoms with Gasteiger partial charge in [-0.15, -0.1) is 0 Å². The molecule has 1 aromatic heterocycles. The number of nitrogens with zero attached hydrogens (tertiary/aromatic N) is 1. The molecule has 1 N–H and O–H groups in total. The number of aromatic amines is 1. The first-order valence-corrected chi connectivity index (χ1v) is 5.53. The third kappa shape index (κ3) is 2.19. The van der Waals surface area contributed by atoms with Crippen LogP contribution < -0.4 is 4.74 Å². The summed E-state index contributed by atoms with van der Waals surface area (Å²) in [4.78, 5) is 6.94. The van der Waals surface area contributed by atoms with Gasteiger partial charge in [-0.1, -0.05) is 0 Å². The van der Waals surface area contributed by atoms with Gasteiger partial charge in [0.05, 0.1) is 18.5 Å². The summed E-state index contributed by atoms with van der Waals surface area (Å²) in [5, 5.41) is 0.404. The largest absolute Gasteiger partial charge is 0.494 e. The highest BCUT2D eigenvalue weighted by Gasteiger charge is 2.04. The predicted molar refractivity (Wildman–Crippen MR) is 64.9 cm³/mol. The summed E-state index contributed by atoms with van der Waals surface area (Å²) in [6.07, 6.45) is 1.72. The maximum absolute atomic E-state index is 5.74. The van der Waals surface area contributed by atoms with E-state index in [1.807, 2.05) is 26.0 Å². The highest BCUT2D eigenvalue weighted by Crippen LogP contribution is 2.25. The number of rotatable bonds is 3. The van der Waals surface area contributed by atoms with Crippen molar-refractivity contribution in [3.63, 3.8) is 0 Å². The molecule has 0 aliphatic rings. The van der Waals surface area contributed by atoms with Gasteiger partial charge in [0.1, 0.15) is 5.75 Å². The monoisotopic (exact) mass is 236 g/mol. The molecule has 3 nitrogen and oxygen atoms in total. The summed E-state index contributed by atoms with van der Waals surface area (Å²) in [5.41, 5.74) is 3.07. The van der Waals surface area contributed by atoms with E-state index in [0.717, 1.165) is 22.6 Å². The number of H-pyrrole nitrogens is 1. The van der Waals surface area contributed by atoms with Crippen molar-refractivity contribution in [3.05, 3.63) is 35.2 Å². The van der Waals surface area contributed by atoms with Crippen LogP contribution in [-0.4, -0.2) is 16.6 Å². The number of aromatic nitrogens is 2. The van der Waals surface area contributed by atoms with Crippen LogP contribution in [0.5, 0.6) is 5.75 Å². The van der Waals surface area contributed by atoms with Crippen molar-refractivity contribution in [2.45, 2.75) is 13.8 Å². The van der Waals surface area contributed by atoms with Crippen LogP contribution in [0.1, 0.15) is 12.5 Å².